The quantitative estimate of drug-likeness (QED) is 0.899. The smallest absolute Gasteiger partial charge is 0.265 e. The van der Waals surface area contributed by atoms with Gasteiger partial charge in [0.05, 0.1) is 6.04 Å². The molecular weight excluding hydrogens is 260 g/mol. The van der Waals surface area contributed by atoms with Crippen LogP contribution in [-0.4, -0.2) is 24.2 Å². The summed E-state index contributed by atoms with van der Waals surface area (Å²) in [6, 6.07) is 15.7. The van der Waals surface area contributed by atoms with E-state index in [0.29, 0.717) is 0 Å². The van der Waals surface area contributed by atoms with E-state index in [1.165, 1.54) is 0 Å². The number of benzene rings is 2. The van der Waals surface area contributed by atoms with E-state index < -0.39 is 12.5 Å². The van der Waals surface area contributed by atoms with Gasteiger partial charge in [-0.1, -0.05) is 48.5 Å². The molecule has 20 heavy (non-hydrogen) atoms. The summed E-state index contributed by atoms with van der Waals surface area (Å²) in [5.41, 5.74) is 4.37. The normalized spacial score (nSPS) is 15.2. The van der Waals surface area contributed by atoms with Crippen LogP contribution in [0.5, 0.6) is 0 Å². The van der Waals surface area contributed by atoms with Crippen LogP contribution < -0.4 is 5.32 Å². The first-order valence-electron chi connectivity index (χ1n) is 6.56. The van der Waals surface area contributed by atoms with Crippen LogP contribution in [-0.2, 0) is 0 Å². The van der Waals surface area contributed by atoms with Crippen LogP contribution in [0.1, 0.15) is 17.2 Å². The summed E-state index contributed by atoms with van der Waals surface area (Å²) in [6.45, 7) is -0.134. The molecule has 1 unspecified atom stereocenters. The lowest BCUT2D eigenvalue weighted by Crippen LogP contribution is -2.34. The zero-order chi connectivity index (χ0) is 14.1. The summed E-state index contributed by atoms with van der Waals surface area (Å²) in [5.74, 6) is 0. The Bertz CT molecular complexity index is 569. The molecule has 1 aliphatic carbocycles. The molecular formula is C16H15F2NO. The highest BCUT2D eigenvalue weighted by Gasteiger charge is 2.28. The number of fused-ring (bicyclic) bond motifs is 3. The van der Waals surface area contributed by atoms with Gasteiger partial charge in [-0.3, -0.25) is 0 Å². The van der Waals surface area contributed by atoms with Gasteiger partial charge in [-0.05, 0) is 22.3 Å². The summed E-state index contributed by atoms with van der Waals surface area (Å²) in [4.78, 5) is 0. The minimum absolute atomic E-state index is 0.134. The fourth-order valence-electron chi connectivity index (χ4n) is 2.70. The van der Waals surface area contributed by atoms with Gasteiger partial charge in [-0.25, -0.2) is 8.78 Å². The number of halogens is 2. The lowest BCUT2D eigenvalue weighted by atomic mass is 10.1. The predicted octanol–water partition coefficient (Wildman–Crippen LogP) is 2.97. The third-order valence-electron chi connectivity index (χ3n) is 3.66. The summed E-state index contributed by atoms with van der Waals surface area (Å²) < 4.78 is 24.8. The van der Waals surface area contributed by atoms with E-state index >= 15 is 0 Å². The molecule has 0 fully saturated rings. The SMILES string of the molecule is OC(CNC1c2ccccc2-c2ccccc21)C(F)F. The zero-order valence-electron chi connectivity index (χ0n) is 10.8. The second kappa shape index (κ2) is 5.31. The van der Waals surface area contributed by atoms with Gasteiger partial charge in [0.25, 0.3) is 6.43 Å². The second-order valence-electron chi connectivity index (χ2n) is 4.92. The Morgan fingerprint density at radius 2 is 1.45 bits per heavy atom. The van der Waals surface area contributed by atoms with Crippen molar-refractivity contribution in [2.24, 2.45) is 0 Å². The summed E-state index contributed by atoms with van der Waals surface area (Å²) >= 11 is 0. The monoisotopic (exact) mass is 275 g/mol. The van der Waals surface area contributed by atoms with Gasteiger partial charge >= 0.3 is 0 Å². The standard InChI is InChI=1S/C16H15F2NO/c17-16(18)14(20)9-19-15-12-7-3-1-5-10(12)11-6-2-4-8-13(11)15/h1-8,14-16,19-20H,9H2. The molecule has 2 aromatic rings. The Balaban J connectivity index is 1.91. The van der Waals surface area contributed by atoms with Gasteiger partial charge in [-0.2, -0.15) is 0 Å². The Labute approximate surface area is 116 Å². The molecule has 4 heteroatoms. The summed E-state index contributed by atoms with van der Waals surface area (Å²) in [5, 5.41) is 12.3. The first-order chi connectivity index (χ1) is 9.68. The van der Waals surface area contributed by atoms with E-state index in [2.05, 4.69) is 5.32 Å². The molecule has 0 aliphatic heterocycles. The number of nitrogens with one attached hydrogen (secondary N) is 1. The number of hydrogen-bond donors (Lipinski definition) is 2. The molecule has 104 valence electrons. The second-order valence-corrected chi connectivity index (χ2v) is 4.92. The van der Waals surface area contributed by atoms with E-state index in [4.69, 9.17) is 0 Å². The van der Waals surface area contributed by atoms with Crippen molar-refractivity contribution in [1.82, 2.24) is 5.32 Å². The highest BCUT2D eigenvalue weighted by atomic mass is 19.3. The lowest BCUT2D eigenvalue weighted by molar-refractivity contribution is -0.00406. The van der Waals surface area contributed by atoms with Gasteiger partial charge in [-0.15, -0.1) is 0 Å². The molecule has 0 saturated heterocycles. The third-order valence-corrected chi connectivity index (χ3v) is 3.66. The first-order valence-corrected chi connectivity index (χ1v) is 6.56. The molecule has 2 aromatic carbocycles. The number of hydrogen-bond acceptors (Lipinski definition) is 2. The Morgan fingerprint density at radius 3 is 1.95 bits per heavy atom. The Hall–Kier alpha value is -1.78. The van der Waals surface area contributed by atoms with Crippen molar-refractivity contribution >= 4 is 0 Å². The van der Waals surface area contributed by atoms with Crippen LogP contribution in [0.15, 0.2) is 48.5 Å². The molecule has 0 spiro atoms. The highest BCUT2D eigenvalue weighted by Crippen LogP contribution is 2.42. The van der Waals surface area contributed by atoms with Gasteiger partial charge in [0.1, 0.15) is 6.10 Å². The Morgan fingerprint density at radius 1 is 0.950 bits per heavy atom. The summed E-state index contributed by atoms with van der Waals surface area (Å²) in [6.07, 6.45) is -4.37. The zero-order valence-corrected chi connectivity index (χ0v) is 10.8. The topological polar surface area (TPSA) is 32.3 Å². The van der Waals surface area contributed by atoms with Crippen molar-refractivity contribution in [3.63, 3.8) is 0 Å². The maximum Gasteiger partial charge on any atom is 0.265 e. The van der Waals surface area contributed by atoms with Crippen molar-refractivity contribution in [3.05, 3.63) is 59.7 Å². The fourth-order valence-corrected chi connectivity index (χ4v) is 2.70. The average Bonchev–Trinajstić information content (AvgIpc) is 2.79. The predicted molar refractivity (Wildman–Crippen MR) is 73.7 cm³/mol. The minimum Gasteiger partial charge on any atom is -0.386 e. The molecule has 0 bridgehead atoms. The van der Waals surface area contributed by atoms with Gasteiger partial charge in [0.15, 0.2) is 0 Å². The lowest BCUT2D eigenvalue weighted by Gasteiger charge is -2.18. The fraction of sp³-hybridized carbons (Fsp3) is 0.250. The van der Waals surface area contributed by atoms with Crippen LogP contribution in [0.3, 0.4) is 0 Å². The first kappa shape index (κ1) is 13.2. The molecule has 0 aromatic heterocycles. The Kier molecular flexibility index (Phi) is 3.51. The van der Waals surface area contributed by atoms with Crippen molar-refractivity contribution in [2.75, 3.05) is 6.54 Å². The molecule has 0 radical (unpaired) electrons. The largest absolute Gasteiger partial charge is 0.386 e. The molecule has 1 aliphatic rings. The molecule has 1 atom stereocenters. The van der Waals surface area contributed by atoms with Crippen molar-refractivity contribution in [1.29, 1.82) is 0 Å². The van der Waals surface area contributed by atoms with Crippen LogP contribution in [0, 0.1) is 0 Å². The van der Waals surface area contributed by atoms with E-state index in [1.54, 1.807) is 0 Å². The van der Waals surface area contributed by atoms with Crippen LogP contribution in [0.25, 0.3) is 11.1 Å². The van der Waals surface area contributed by atoms with Crippen LogP contribution >= 0.6 is 0 Å². The number of aliphatic hydroxyl groups excluding tert-OH is 1. The highest BCUT2D eigenvalue weighted by molar-refractivity contribution is 5.78. The molecule has 0 heterocycles. The maximum atomic E-state index is 12.4. The van der Waals surface area contributed by atoms with Gasteiger partial charge in [0, 0.05) is 6.54 Å². The van der Waals surface area contributed by atoms with Crippen molar-refractivity contribution in [2.45, 2.75) is 18.6 Å². The van der Waals surface area contributed by atoms with E-state index in [0.717, 1.165) is 22.3 Å². The third kappa shape index (κ3) is 2.21. The molecule has 3 rings (SSSR count). The van der Waals surface area contributed by atoms with Crippen molar-refractivity contribution < 1.29 is 13.9 Å². The van der Waals surface area contributed by atoms with E-state index in [-0.39, 0.29) is 12.6 Å². The number of rotatable bonds is 4. The van der Waals surface area contributed by atoms with E-state index in [1.807, 2.05) is 48.5 Å². The van der Waals surface area contributed by atoms with Gasteiger partial charge < -0.3 is 10.4 Å². The summed E-state index contributed by atoms with van der Waals surface area (Å²) in [7, 11) is 0. The van der Waals surface area contributed by atoms with Crippen molar-refractivity contribution in [3.8, 4) is 11.1 Å². The van der Waals surface area contributed by atoms with Crippen LogP contribution in [0.4, 0.5) is 8.78 Å². The molecule has 2 nitrogen and oxygen atoms in total. The van der Waals surface area contributed by atoms with E-state index in [9.17, 15) is 13.9 Å². The number of alkyl halides is 2. The minimum atomic E-state index is -2.73. The molecule has 0 amide bonds. The maximum absolute atomic E-state index is 12.4. The number of aliphatic hydroxyl groups is 1. The average molecular weight is 275 g/mol. The molecule has 0 saturated carbocycles. The molecule has 2 N–H and O–H groups in total. The van der Waals surface area contributed by atoms with Crippen LogP contribution in [0.2, 0.25) is 0 Å². The van der Waals surface area contributed by atoms with Gasteiger partial charge in [0.2, 0.25) is 0 Å².